The van der Waals surface area contributed by atoms with Gasteiger partial charge in [-0.2, -0.15) is 0 Å². The van der Waals surface area contributed by atoms with Gasteiger partial charge in [-0.05, 0) is 30.4 Å². The van der Waals surface area contributed by atoms with E-state index >= 15 is 0 Å². The summed E-state index contributed by atoms with van der Waals surface area (Å²) < 4.78 is 0. The summed E-state index contributed by atoms with van der Waals surface area (Å²) >= 11 is 5.96. The highest BCUT2D eigenvalue weighted by Gasteiger charge is 2.51. The van der Waals surface area contributed by atoms with Crippen LogP contribution in [0.2, 0.25) is 5.15 Å². The quantitative estimate of drug-likeness (QED) is 0.823. The van der Waals surface area contributed by atoms with Gasteiger partial charge in [-0.1, -0.05) is 11.6 Å². The number of fused-ring (bicyclic) bond motifs is 1. The molecule has 0 atom stereocenters. The van der Waals surface area contributed by atoms with E-state index in [4.69, 9.17) is 17.3 Å². The first-order chi connectivity index (χ1) is 8.13. The number of carbonyl (C=O) groups excluding carboxylic acids is 1. The number of halogens is 1. The predicted octanol–water partition coefficient (Wildman–Crippen LogP) is 1.80. The van der Waals surface area contributed by atoms with Crippen LogP contribution in [0.3, 0.4) is 0 Å². The van der Waals surface area contributed by atoms with Gasteiger partial charge in [0.25, 0.3) is 0 Å². The molecular weight excluding hydrogens is 238 g/mol. The second-order valence-corrected chi connectivity index (χ2v) is 4.70. The second kappa shape index (κ2) is 3.40. The molecule has 2 aromatic rings. The zero-order valence-electron chi connectivity index (χ0n) is 8.98. The number of carbonyl (C=O) groups is 1. The zero-order valence-corrected chi connectivity index (χ0v) is 9.74. The number of hydrogen-bond donors (Lipinski definition) is 1. The Morgan fingerprint density at radius 1 is 1.41 bits per heavy atom. The second-order valence-electron chi connectivity index (χ2n) is 4.34. The van der Waals surface area contributed by atoms with Crippen molar-refractivity contribution in [3.05, 3.63) is 35.4 Å². The summed E-state index contributed by atoms with van der Waals surface area (Å²) in [5.74, 6) is -0.301. The Morgan fingerprint density at radius 2 is 2.18 bits per heavy atom. The molecule has 0 aliphatic heterocycles. The third-order valence-electron chi connectivity index (χ3n) is 3.31. The molecular formula is C12H10ClN3O. The minimum Gasteiger partial charge on any atom is -0.369 e. The smallest absolute Gasteiger partial charge is 0.229 e. The Bertz CT molecular complexity index is 622. The minimum absolute atomic E-state index is 0.301. The Morgan fingerprint density at radius 3 is 2.82 bits per heavy atom. The summed E-state index contributed by atoms with van der Waals surface area (Å²) in [7, 11) is 0. The van der Waals surface area contributed by atoms with Crippen molar-refractivity contribution in [2.24, 2.45) is 5.73 Å². The topological polar surface area (TPSA) is 68.9 Å². The minimum atomic E-state index is -0.552. The molecule has 1 saturated carbocycles. The van der Waals surface area contributed by atoms with Crippen molar-refractivity contribution in [1.29, 1.82) is 0 Å². The molecule has 2 aromatic heterocycles. The first-order valence-corrected chi connectivity index (χ1v) is 5.72. The Labute approximate surface area is 103 Å². The molecule has 3 rings (SSSR count). The van der Waals surface area contributed by atoms with Crippen LogP contribution in [0, 0.1) is 0 Å². The lowest BCUT2D eigenvalue weighted by Gasteiger charge is -2.10. The van der Waals surface area contributed by atoms with Crippen molar-refractivity contribution in [2.45, 2.75) is 18.3 Å². The maximum absolute atomic E-state index is 11.4. The van der Waals surface area contributed by atoms with Crippen LogP contribution in [0.25, 0.3) is 10.8 Å². The molecule has 1 amide bonds. The number of primary amides is 1. The third kappa shape index (κ3) is 1.48. The molecule has 4 nitrogen and oxygen atoms in total. The van der Waals surface area contributed by atoms with Crippen molar-refractivity contribution in [3.8, 4) is 0 Å². The summed E-state index contributed by atoms with van der Waals surface area (Å²) in [6.07, 6.45) is 4.85. The molecule has 86 valence electrons. The van der Waals surface area contributed by atoms with Crippen molar-refractivity contribution in [2.75, 3.05) is 0 Å². The van der Waals surface area contributed by atoms with Gasteiger partial charge in [-0.15, -0.1) is 0 Å². The number of hydrogen-bond acceptors (Lipinski definition) is 3. The molecule has 1 fully saturated rings. The SMILES string of the molecule is NC(=O)C1(c2cc3ccnc(Cl)c3cn2)CC1. The van der Waals surface area contributed by atoms with Crippen LogP contribution in [-0.2, 0) is 10.2 Å². The van der Waals surface area contributed by atoms with E-state index in [2.05, 4.69) is 9.97 Å². The number of amides is 1. The van der Waals surface area contributed by atoms with Gasteiger partial charge in [0.05, 0.1) is 11.1 Å². The van der Waals surface area contributed by atoms with Gasteiger partial charge >= 0.3 is 0 Å². The summed E-state index contributed by atoms with van der Waals surface area (Å²) in [5, 5.41) is 2.14. The average Bonchev–Trinajstić information content (AvgIpc) is 3.10. The van der Waals surface area contributed by atoms with Crippen LogP contribution in [0.1, 0.15) is 18.5 Å². The summed E-state index contributed by atoms with van der Waals surface area (Å²) in [6, 6.07) is 3.73. The summed E-state index contributed by atoms with van der Waals surface area (Å²) in [4.78, 5) is 19.7. The standard InChI is InChI=1S/C12H10ClN3O/c13-10-8-6-16-9(5-7(8)1-4-15-10)12(2-3-12)11(14)17/h1,4-6H,2-3H2,(H2,14,17). The molecule has 0 aromatic carbocycles. The molecule has 17 heavy (non-hydrogen) atoms. The average molecular weight is 248 g/mol. The van der Waals surface area contributed by atoms with E-state index in [1.165, 1.54) is 0 Å². The van der Waals surface area contributed by atoms with E-state index in [0.29, 0.717) is 5.15 Å². The molecule has 0 radical (unpaired) electrons. The lowest BCUT2D eigenvalue weighted by molar-refractivity contribution is -0.120. The third-order valence-corrected chi connectivity index (χ3v) is 3.61. The van der Waals surface area contributed by atoms with Crippen LogP contribution in [-0.4, -0.2) is 15.9 Å². The molecule has 2 heterocycles. The molecule has 5 heteroatoms. The van der Waals surface area contributed by atoms with Gasteiger partial charge in [0.15, 0.2) is 0 Å². The Balaban J connectivity index is 2.18. The van der Waals surface area contributed by atoms with Gasteiger partial charge in [0, 0.05) is 17.8 Å². The van der Waals surface area contributed by atoms with Crippen LogP contribution < -0.4 is 5.73 Å². The van der Waals surface area contributed by atoms with E-state index in [9.17, 15) is 4.79 Å². The molecule has 1 aliphatic rings. The number of pyridine rings is 2. The number of nitrogens with zero attached hydrogens (tertiary/aromatic N) is 2. The number of aromatic nitrogens is 2. The van der Waals surface area contributed by atoms with Crippen LogP contribution in [0.15, 0.2) is 24.5 Å². The first kappa shape index (κ1) is 10.5. The summed E-state index contributed by atoms with van der Waals surface area (Å²) in [6.45, 7) is 0. The van der Waals surface area contributed by atoms with Crippen molar-refractivity contribution in [1.82, 2.24) is 9.97 Å². The monoisotopic (exact) mass is 247 g/mol. The lowest BCUT2D eigenvalue weighted by atomic mass is 9.99. The van der Waals surface area contributed by atoms with E-state index < -0.39 is 5.41 Å². The van der Waals surface area contributed by atoms with Crippen LogP contribution >= 0.6 is 11.6 Å². The molecule has 2 N–H and O–H groups in total. The van der Waals surface area contributed by atoms with E-state index in [1.54, 1.807) is 12.4 Å². The Kier molecular flexibility index (Phi) is 2.10. The van der Waals surface area contributed by atoms with Gasteiger partial charge in [-0.25, -0.2) is 4.98 Å². The van der Waals surface area contributed by atoms with Gasteiger partial charge in [-0.3, -0.25) is 9.78 Å². The molecule has 1 aliphatic carbocycles. The number of rotatable bonds is 2. The van der Waals surface area contributed by atoms with Gasteiger partial charge in [0.1, 0.15) is 5.15 Å². The van der Waals surface area contributed by atoms with Crippen molar-refractivity contribution >= 4 is 28.3 Å². The van der Waals surface area contributed by atoms with Gasteiger partial charge in [0.2, 0.25) is 5.91 Å². The molecule has 0 unspecified atom stereocenters. The van der Waals surface area contributed by atoms with E-state index in [0.717, 1.165) is 29.3 Å². The van der Waals surface area contributed by atoms with Crippen LogP contribution in [0.5, 0.6) is 0 Å². The first-order valence-electron chi connectivity index (χ1n) is 5.34. The normalized spacial score (nSPS) is 17.0. The predicted molar refractivity (Wildman–Crippen MR) is 64.7 cm³/mol. The fourth-order valence-corrected chi connectivity index (χ4v) is 2.26. The maximum atomic E-state index is 11.4. The van der Waals surface area contributed by atoms with Crippen molar-refractivity contribution in [3.63, 3.8) is 0 Å². The lowest BCUT2D eigenvalue weighted by Crippen LogP contribution is -2.29. The fourth-order valence-electron chi connectivity index (χ4n) is 2.05. The van der Waals surface area contributed by atoms with Gasteiger partial charge < -0.3 is 5.73 Å². The van der Waals surface area contributed by atoms with Crippen LogP contribution in [0.4, 0.5) is 0 Å². The largest absolute Gasteiger partial charge is 0.369 e. The Hall–Kier alpha value is -1.68. The highest BCUT2D eigenvalue weighted by Crippen LogP contribution is 2.47. The van der Waals surface area contributed by atoms with E-state index in [-0.39, 0.29) is 5.91 Å². The van der Waals surface area contributed by atoms with E-state index in [1.807, 2.05) is 12.1 Å². The zero-order chi connectivity index (χ0) is 12.0. The molecule has 0 saturated heterocycles. The highest BCUT2D eigenvalue weighted by molar-refractivity contribution is 6.34. The highest BCUT2D eigenvalue weighted by atomic mass is 35.5. The molecule has 0 spiro atoms. The summed E-state index contributed by atoms with van der Waals surface area (Å²) in [5.41, 5.74) is 5.61. The fraction of sp³-hybridized carbons (Fsp3) is 0.250. The molecule has 0 bridgehead atoms. The maximum Gasteiger partial charge on any atom is 0.229 e. The number of nitrogens with two attached hydrogens (primary N) is 1. The van der Waals surface area contributed by atoms with Crippen molar-refractivity contribution < 1.29 is 4.79 Å².